The summed E-state index contributed by atoms with van der Waals surface area (Å²) in [4.78, 5) is 12.0. The van der Waals surface area contributed by atoms with Crippen LogP contribution in [0.15, 0.2) is 18.2 Å². The van der Waals surface area contributed by atoms with Gasteiger partial charge in [-0.05, 0) is 31.0 Å². The van der Waals surface area contributed by atoms with Gasteiger partial charge >= 0.3 is 5.97 Å². The molecule has 4 nitrogen and oxygen atoms in total. The van der Waals surface area contributed by atoms with E-state index in [0.717, 1.165) is 6.42 Å². The van der Waals surface area contributed by atoms with Crippen LogP contribution >= 0.6 is 0 Å². The zero-order valence-electron chi connectivity index (χ0n) is 10.9. The van der Waals surface area contributed by atoms with Crippen LogP contribution in [0.3, 0.4) is 0 Å². The van der Waals surface area contributed by atoms with E-state index in [1.54, 1.807) is 18.2 Å². The van der Waals surface area contributed by atoms with E-state index in [1.165, 1.54) is 0 Å². The summed E-state index contributed by atoms with van der Waals surface area (Å²) in [5.74, 6) is 1.30. The maximum absolute atomic E-state index is 12.0. The predicted octanol–water partition coefficient (Wildman–Crippen LogP) is 3.01. The molecule has 1 aromatic rings. The Balaban J connectivity index is 2.05. The van der Waals surface area contributed by atoms with E-state index in [4.69, 9.17) is 14.2 Å². The second kappa shape index (κ2) is 5.29. The quantitative estimate of drug-likeness (QED) is 0.770. The summed E-state index contributed by atoms with van der Waals surface area (Å²) in [6.45, 7) is 6.27. The molecule has 98 valence electrons. The van der Waals surface area contributed by atoms with Gasteiger partial charge in [-0.25, -0.2) is 4.79 Å². The number of carbonyl (C=O) groups is 1. The van der Waals surface area contributed by atoms with Gasteiger partial charge in [0.2, 0.25) is 6.79 Å². The van der Waals surface area contributed by atoms with Gasteiger partial charge in [0.25, 0.3) is 0 Å². The van der Waals surface area contributed by atoms with Crippen molar-refractivity contribution in [3.8, 4) is 11.5 Å². The molecule has 0 amide bonds. The van der Waals surface area contributed by atoms with E-state index in [9.17, 15) is 4.79 Å². The van der Waals surface area contributed by atoms with Crippen LogP contribution in [-0.2, 0) is 4.74 Å². The highest BCUT2D eigenvalue weighted by Gasteiger charge is 2.20. The summed E-state index contributed by atoms with van der Waals surface area (Å²) in [7, 11) is 0. The standard InChI is InChI=1S/C14H18O4/c1-4-9(2)10(3)18-14(15)11-5-6-12-13(7-11)17-8-16-12/h5-7,9-10H,4,8H2,1-3H3. The Morgan fingerprint density at radius 1 is 1.33 bits per heavy atom. The number of hydrogen-bond acceptors (Lipinski definition) is 4. The predicted molar refractivity (Wildman–Crippen MR) is 66.9 cm³/mol. The first kappa shape index (κ1) is 12.7. The van der Waals surface area contributed by atoms with Crippen LogP contribution in [-0.4, -0.2) is 18.9 Å². The Kier molecular flexibility index (Phi) is 3.75. The molecule has 0 aromatic heterocycles. The van der Waals surface area contributed by atoms with Crippen LogP contribution in [0.4, 0.5) is 0 Å². The van der Waals surface area contributed by atoms with Crippen LogP contribution in [0.2, 0.25) is 0 Å². The molecule has 0 radical (unpaired) electrons. The third-order valence-corrected chi connectivity index (χ3v) is 3.35. The number of esters is 1. The van der Waals surface area contributed by atoms with Crippen LogP contribution in [0.25, 0.3) is 0 Å². The molecule has 0 N–H and O–H groups in total. The first-order valence-electron chi connectivity index (χ1n) is 6.22. The lowest BCUT2D eigenvalue weighted by atomic mass is 10.0. The van der Waals surface area contributed by atoms with Crippen molar-refractivity contribution in [2.45, 2.75) is 33.3 Å². The Labute approximate surface area is 107 Å². The van der Waals surface area contributed by atoms with Crippen molar-refractivity contribution in [1.82, 2.24) is 0 Å². The summed E-state index contributed by atoms with van der Waals surface area (Å²) >= 11 is 0. The van der Waals surface area contributed by atoms with Crippen LogP contribution in [0.1, 0.15) is 37.6 Å². The number of hydrogen-bond donors (Lipinski definition) is 0. The van der Waals surface area contributed by atoms with E-state index in [-0.39, 0.29) is 18.9 Å². The fraction of sp³-hybridized carbons (Fsp3) is 0.500. The van der Waals surface area contributed by atoms with E-state index in [1.807, 2.05) is 6.92 Å². The van der Waals surface area contributed by atoms with Gasteiger partial charge in [0.15, 0.2) is 11.5 Å². The minimum Gasteiger partial charge on any atom is -0.459 e. The third kappa shape index (κ3) is 2.58. The van der Waals surface area contributed by atoms with Gasteiger partial charge in [0.1, 0.15) is 6.10 Å². The molecular formula is C14H18O4. The first-order valence-corrected chi connectivity index (χ1v) is 6.22. The molecule has 1 heterocycles. The molecule has 2 atom stereocenters. The fourth-order valence-corrected chi connectivity index (χ4v) is 1.71. The summed E-state index contributed by atoms with van der Waals surface area (Å²) in [6, 6.07) is 5.08. The zero-order valence-corrected chi connectivity index (χ0v) is 10.9. The first-order chi connectivity index (χ1) is 8.61. The highest BCUT2D eigenvalue weighted by Crippen LogP contribution is 2.32. The zero-order chi connectivity index (χ0) is 13.1. The second-order valence-electron chi connectivity index (χ2n) is 4.56. The maximum Gasteiger partial charge on any atom is 0.338 e. The van der Waals surface area contributed by atoms with Crippen LogP contribution in [0.5, 0.6) is 11.5 Å². The van der Waals surface area contributed by atoms with E-state index in [0.29, 0.717) is 23.0 Å². The molecular weight excluding hydrogens is 232 g/mol. The Bertz CT molecular complexity index is 441. The van der Waals surface area contributed by atoms with Crippen molar-refractivity contribution in [1.29, 1.82) is 0 Å². The molecule has 1 aliphatic rings. The average Bonchev–Trinajstić information content (AvgIpc) is 2.84. The van der Waals surface area contributed by atoms with Gasteiger partial charge < -0.3 is 14.2 Å². The molecule has 1 aromatic carbocycles. The maximum atomic E-state index is 12.0. The van der Waals surface area contributed by atoms with Gasteiger partial charge in [-0.2, -0.15) is 0 Å². The van der Waals surface area contributed by atoms with Crippen molar-refractivity contribution < 1.29 is 19.0 Å². The molecule has 2 rings (SSSR count). The summed E-state index contributed by atoms with van der Waals surface area (Å²) in [6.07, 6.45) is 0.892. The molecule has 0 aliphatic carbocycles. The van der Waals surface area contributed by atoms with Crippen molar-refractivity contribution >= 4 is 5.97 Å². The number of rotatable bonds is 4. The van der Waals surface area contributed by atoms with Gasteiger partial charge in [0.05, 0.1) is 5.56 Å². The van der Waals surface area contributed by atoms with Crippen molar-refractivity contribution in [3.63, 3.8) is 0 Å². The average molecular weight is 250 g/mol. The topological polar surface area (TPSA) is 44.8 Å². The van der Waals surface area contributed by atoms with E-state index >= 15 is 0 Å². The number of ether oxygens (including phenoxy) is 3. The summed E-state index contributed by atoms with van der Waals surface area (Å²) in [5.41, 5.74) is 0.495. The largest absolute Gasteiger partial charge is 0.459 e. The highest BCUT2D eigenvalue weighted by atomic mass is 16.7. The van der Waals surface area contributed by atoms with Gasteiger partial charge in [-0.1, -0.05) is 20.3 Å². The fourth-order valence-electron chi connectivity index (χ4n) is 1.71. The van der Waals surface area contributed by atoms with Gasteiger partial charge in [0, 0.05) is 0 Å². The monoisotopic (exact) mass is 250 g/mol. The lowest BCUT2D eigenvalue weighted by molar-refractivity contribution is 0.0213. The van der Waals surface area contributed by atoms with E-state index < -0.39 is 0 Å². The van der Waals surface area contributed by atoms with Crippen LogP contribution in [0, 0.1) is 5.92 Å². The van der Waals surface area contributed by atoms with Crippen molar-refractivity contribution in [2.24, 2.45) is 5.92 Å². The Hall–Kier alpha value is -1.71. The molecule has 0 saturated heterocycles. The normalized spacial score (nSPS) is 16.2. The molecule has 0 spiro atoms. The minimum atomic E-state index is -0.318. The third-order valence-electron chi connectivity index (χ3n) is 3.35. The summed E-state index contributed by atoms with van der Waals surface area (Å²) in [5, 5.41) is 0. The minimum absolute atomic E-state index is 0.0899. The Morgan fingerprint density at radius 3 is 2.78 bits per heavy atom. The molecule has 2 unspecified atom stereocenters. The molecule has 0 bridgehead atoms. The second-order valence-corrected chi connectivity index (χ2v) is 4.56. The molecule has 0 fully saturated rings. The van der Waals surface area contributed by atoms with Crippen molar-refractivity contribution in [3.05, 3.63) is 23.8 Å². The molecule has 1 aliphatic heterocycles. The molecule has 0 saturated carbocycles. The smallest absolute Gasteiger partial charge is 0.338 e. The van der Waals surface area contributed by atoms with Crippen molar-refractivity contribution in [2.75, 3.05) is 6.79 Å². The summed E-state index contributed by atoms with van der Waals surface area (Å²) < 4.78 is 15.8. The van der Waals surface area contributed by atoms with Gasteiger partial charge in [-0.3, -0.25) is 0 Å². The molecule has 18 heavy (non-hydrogen) atoms. The lowest BCUT2D eigenvalue weighted by Crippen LogP contribution is -2.21. The highest BCUT2D eigenvalue weighted by molar-refractivity contribution is 5.90. The van der Waals surface area contributed by atoms with Crippen LogP contribution < -0.4 is 9.47 Å². The SMILES string of the molecule is CCC(C)C(C)OC(=O)c1ccc2c(c1)OCO2. The van der Waals surface area contributed by atoms with Gasteiger partial charge in [-0.15, -0.1) is 0 Å². The lowest BCUT2D eigenvalue weighted by Gasteiger charge is -2.18. The Morgan fingerprint density at radius 2 is 2.06 bits per heavy atom. The number of fused-ring (bicyclic) bond motifs is 1. The molecule has 4 heteroatoms. The number of carbonyl (C=O) groups excluding carboxylic acids is 1. The van der Waals surface area contributed by atoms with E-state index in [2.05, 4.69) is 13.8 Å². The number of benzene rings is 1.